The van der Waals surface area contributed by atoms with Crippen molar-refractivity contribution < 1.29 is 28.7 Å². The summed E-state index contributed by atoms with van der Waals surface area (Å²) in [5, 5.41) is 11.9. The Balaban J connectivity index is 1.82. The molecule has 1 atom stereocenters. The number of amides is 3. The van der Waals surface area contributed by atoms with Gasteiger partial charge in [0.1, 0.15) is 17.4 Å². The molecule has 2 fully saturated rings. The zero-order valence-corrected chi connectivity index (χ0v) is 23.1. The van der Waals surface area contributed by atoms with Crippen LogP contribution in [0.5, 0.6) is 0 Å². The molecule has 39 heavy (non-hydrogen) atoms. The summed E-state index contributed by atoms with van der Waals surface area (Å²) in [6.07, 6.45) is 0.729. The van der Waals surface area contributed by atoms with Crippen molar-refractivity contribution >= 4 is 29.4 Å². The molecule has 0 aliphatic carbocycles. The first-order chi connectivity index (χ1) is 18.3. The number of carboxylic acids is 1. The van der Waals surface area contributed by atoms with Crippen LogP contribution in [-0.2, 0) is 14.4 Å². The lowest BCUT2D eigenvalue weighted by Gasteiger charge is -2.44. The van der Waals surface area contributed by atoms with Crippen molar-refractivity contribution in [3.8, 4) is 0 Å². The third-order valence-corrected chi connectivity index (χ3v) is 7.48. The monoisotopic (exact) mass is 543 g/mol. The molecule has 1 aromatic carbocycles. The van der Waals surface area contributed by atoms with E-state index in [0.29, 0.717) is 32.6 Å². The molecule has 0 radical (unpaired) electrons. The Bertz CT molecular complexity index is 1140. The highest BCUT2D eigenvalue weighted by Crippen LogP contribution is 2.39. The van der Waals surface area contributed by atoms with Gasteiger partial charge in [-0.2, -0.15) is 0 Å². The number of hydrogen-bond acceptors (Lipinski definition) is 6. The molecule has 3 rings (SSSR count). The third kappa shape index (κ3) is 6.30. The van der Waals surface area contributed by atoms with Gasteiger partial charge in [-0.3, -0.25) is 14.4 Å². The molecule has 1 spiro atoms. The number of rotatable bonds is 10. The fraction of sp³-hybridized carbons (Fsp3) is 0.500. The molecule has 2 aliphatic rings. The molecular formula is C28H38FN5O5. The maximum absolute atomic E-state index is 13.8. The number of nitrogens with one attached hydrogen (secondary N) is 1. The Hall–Kier alpha value is -3.73. The Kier molecular flexibility index (Phi) is 9.16. The average Bonchev–Trinajstić information content (AvgIpc) is 3.15. The third-order valence-electron chi connectivity index (χ3n) is 7.48. The van der Waals surface area contributed by atoms with Gasteiger partial charge in [0.2, 0.25) is 11.8 Å². The van der Waals surface area contributed by atoms with Gasteiger partial charge in [0.15, 0.2) is 0 Å². The zero-order chi connectivity index (χ0) is 29.1. The molecule has 2 aliphatic heterocycles. The highest BCUT2D eigenvalue weighted by Gasteiger charge is 2.54. The van der Waals surface area contributed by atoms with E-state index in [1.165, 1.54) is 12.1 Å². The summed E-state index contributed by atoms with van der Waals surface area (Å²) in [6.45, 7) is 12.2. The molecular weight excluding hydrogens is 505 g/mol. The normalized spacial score (nSPS) is 17.6. The Morgan fingerprint density at radius 2 is 1.72 bits per heavy atom. The van der Waals surface area contributed by atoms with Gasteiger partial charge in [-0.05, 0) is 57.1 Å². The van der Waals surface area contributed by atoms with Crippen LogP contribution in [-0.4, -0.2) is 102 Å². The van der Waals surface area contributed by atoms with Crippen LogP contribution >= 0.6 is 0 Å². The molecule has 0 aromatic heterocycles. The number of carbonyl (C=O) groups excluding carboxylic acids is 3. The van der Waals surface area contributed by atoms with Crippen molar-refractivity contribution in [1.29, 1.82) is 0 Å². The summed E-state index contributed by atoms with van der Waals surface area (Å²) in [5.74, 6) is -3.38. The predicted molar refractivity (Wildman–Crippen MR) is 146 cm³/mol. The minimum Gasteiger partial charge on any atom is -0.478 e. The number of halogens is 1. The Labute approximate surface area is 228 Å². The first-order valence-corrected chi connectivity index (χ1v) is 13.0. The number of piperidine rings is 1. The number of anilines is 1. The maximum atomic E-state index is 13.8. The van der Waals surface area contributed by atoms with Crippen molar-refractivity contribution in [3.05, 3.63) is 54.4 Å². The molecule has 1 unspecified atom stereocenters. The van der Waals surface area contributed by atoms with Gasteiger partial charge in [0.25, 0.3) is 5.91 Å². The number of hydrogen-bond donors (Lipinski definition) is 2. The molecule has 2 heterocycles. The van der Waals surface area contributed by atoms with Crippen LogP contribution in [0.3, 0.4) is 0 Å². The first-order valence-electron chi connectivity index (χ1n) is 13.0. The quantitative estimate of drug-likeness (QED) is 0.343. The van der Waals surface area contributed by atoms with E-state index in [2.05, 4.69) is 18.5 Å². The van der Waals surface area contributed by atoms with E-state index in [0.717, 1.165) is 5.69 Å². The largest absolute Gasteiger partial charge is 0.478 e. The van der Waals surface area contributed by atoms with Gasteiger partial charge < -0.3 is 30.0 Å². The lowest BCUT2D eigenvalue weighted by molar-refractivity contribution is -0.141. The van der Waals surface area contributed by atoms with Crippen LogP contribution in [0.25, 0.3) is 0 Å². The molecule has 2 N–H and O–H groups in total. The first kappa shape index (κ1) is 29.8. The smallest absolute Gasteiger partial charge is 0.335 e. The van der Waals surface area contributed by atoms with Crippen LogP contribution in [0, 0.1) is 5.92 Å². The molecule has 2 saturated heterocycles. The number of carbonyl (C=O) groups is 4. The van der Waals surface area contributed by atoms with Gasteiger partial charge in [0.05, 0.1) is 17.8 Å². The maximum Gasteiger partial charge on any atom is 0.335 e. The number of nitrogens with zero attached hydrogens (tertiary/aromatic N) is 4. The highest BCUT2D eigenvalue weighted by atomic mass is 19.1. The fourth-order valence-electron chi connectivity index (χ4n) is 5.03. The minimum atomic E-state index is -1.03. The van der Waals surface area contributed by atoms with Gasteiger partial charge in [-0.15, -0.1) is 0 Å². The molecule has 0 saturated carbocycles. The van der Waals surface area contributed by atoms with E-state index >= 15 is 0 Å². The van der Waals surface area contributed by atoms with Gasteiger partial charge >= 0.3 is 5.97 Å². The van der Waals surface area contributed by atoms with E-state index in [4.69, 9.17) is 0 Å². The SMILES string of the molecule is C=C(F)C(=C)C(=O)NC(C(=O)N1CCC2(CC1)C(=O)N(CCN(C)C)CN2c1ccc(C(=O)O)cc1)C(C)C. The lowest BCUT2D eigenvalue weighted by atomic mass is 9.85. The summed E-state index contributed by atoms with van der Waals surface area (Å²) >= 11 is 0. The van der Waals surface area contributed by atoms with Crippen LogP contribution in [0.4, 0.5) is 10.1 Å². The van der Waals surface area contributed by atoms with Crippen molar-refractivity contribution in [2.75, 3.05) is 51.8 Å². The minimum absolute atomic E-state index is 0.0229. The van der Waals surface area contributed by atoms with E-state index < -0.39 is 34.9 Å². The van der Waals surface area contributed by atoms with E-state index in [9.17, 15) is 28.7 Å². The molecule has 0 bridgehead atoms. The topological polar surface area (TPSA) is 113 Å². The highest BCUT2D eigenvalue weighted by molar-refractivity contribution is 5.99. The van der Waals surface area contributed by atoms with Crippen LogP contribution < -0.4 is 10.2 Å². The van der Waals surface area contributed by atoms with Crippen molar-refractivity contribution in [2.45, 2.75) is 38.3 Å². The van der Waals surface area contributed by atoms with Crippen molar-refractivity contribution in [3.63, 3.8) is 0 Å². The number of likely N-dealkylation sites (tertiary alicyclic amines) is 1. The van der Waals surface area contributed by atoms with Crippen molar-refractivity contribution in [1.82, 2.24) is 20.0 Å². The summed E-state index contributed by atoms with van der Waals surface area (Å²) in [7, 11) is 3.87. The van der Waals surface area contributed by atoms with Gasteiger partial charge in [0, 0.05) is 31.9 Å². The second kappa shape index (κ2) is 12.0. The standard InChI is InChI=1S/C28H38FN5O5/c1-18(2)23(30-24(35)19(3)20(4)29)25(36)32-13-11-28(12-14-32)27(39)33(16-15-31(5)6)17-34(28)22-9-7-21(8-10-22)26(37)38/h7-10,18,23H,3-4,11-17H2,1-2,5-6H3,(H,30,35)(H,37,38). The zero-order valence-electron chi connectivity index (χ0n) is 23.1. The van der Waals surface area contributed by atoms with E-state index in [1.54, 1.807) is 35.8 Å². The van der Waals surface area contributed by atoms with Crippen LogP contribution in [0.15, 0.2) is 48.8 Å². The van der Waals surface area contributed by atoms with Crippen molar-refractivity contribution in [2.24, 2.45) is 5.92 Å². The lowest BCUT2D eigenvalue weighted by Crippen LogP contribution is -2.60. The number of benzene rings is 1. The Morgan fingerprint density at radius 3 is 2.21 bits per heavy atom. The van der Waals surface area contributed by atoms with E-state index in [-0.39, 0.29) is 36.4 Å². The summed E-state index contributed by atoms with van der Waals surface area (Å²) in [5.41, 5.74) is -0.420. The summed E-state index contributed by atoms with van der Waals surface area (Å²) in [6, 6.07) is 5.57. The predicted octanol–water partition coefficient (Wildman–Crippen LogP) is 2.09. The molecule has 212 valence electrons. The number of likely N-dealkylation sites (N-methyl/N-ethyl adjacent to an activating group) is 1. The summed E-state index contributed by atoms with van der Waals surface area (Å²) in [4.78, 5) is 58.4. The fourth-order valence-corrected chi connectivity index (χ4v) is 5.03. The van der Waals surface area contributed by atoms with Crippen LogP contribution in [0.1, 0.15) is 37.0 Å². The second-order valence-corrected chi connectivity index (χ2v) is 10.7. The Morgan fingerprint density at radius 1 is 1.13 bits per heavy atom. The number of aromatic carboxylic acids is 1. The van der Waals surface area contributed by atoms with E-state index in [1.807, 2.05) is 23.9 Å². The van der Waals surface area contributed by atoms with Crippen LogP contribution in [0.2, 0.25) is 0 Å². The molecule has 1 aromatic rings. The van der Waals surface area contributed by atoms with Gasteiger partial charge in [-0.25, -0.2) is 9.18 Å². The molecule has 3 amide bonds. The molecule has 11 heteroatoms. The molecule has 10 nitrogen and oxygen atoms in total. The average molecular weight is 544 g/mol. The van der Waals surface area contributed by atoms with Gasteiger partial charge in [-0.1, -0.05) is 27.0 Å². The number of carboxylic acid groups (broad SMARTS) is 1. The summed E-state index contributed by atoms with van der Waals surface area (Å²) < 4.78 is 13.4. The second-order valence-electron chi connectivity index (χ2n) is 10.7.